The first-order valence-corrected chi connectivity index (χ1v) is 10.9. The Morgan fingerprint density at radius 2 is 1.96 bits per heavy atom. The number of nitrogens with one attached hydrogen (secondary N) is 1. The molecule has 138 valence electrons. The molecule has 0 saturated heterocycles. The highest BCUT2D eigenvalue weighted by Crippen LogP contribution is 2.24. The first-order valence-electron chi connectivity index (χ1n) is 8.21. The topological polar surface area (TPSA) is 68.2 Å². The first-order chi connectivity index (χ1) is 12.3. The van der Waals surface area contributed by atoms with Crippen LogP contribution in [0.2, 0.25) is 5.02 Å². The van der Waals surface area contributed by atoms with Gasteiger partial charge in [0.05, 0.1) is 21.7 Å². The van der Waals surface area contributed by atoms with Crippen LogP contribution in [0, 0.1) is 0 Å². The predicted octanol–water partition coefficient (Wildman–Crippen LogP) is 3.84. The summed E-state index contributed by atoms with van der Waals surface area (Å²) in [5.41, 5.74) is 1.54. The molecule has 0 radical (unpaired) electrons. The fraction of sp³-hybridized carbons (Fsp3) is 0.278. The van der Waals surface area contributed by atoms with E-state index in [1.807, 2.05) is 32.0 Å². The molecule has 2 aromatic carbocycles. The molecule has 0 aliphatic heterocycles. The van der Waals surface area contributed by atoms with Crippen molar-refractivity contribution in [2.75, 3.05) is 0 Å². The van der Waals surface area contributed by atoms with Crippen molar-refractivity contribution in [3.63, 3.8) is 0 Å². The molecule has 0 amide bonds. The molecular weight excluding hydrogens is 392 g/mol. The molecule has 1 atom stereocenters. The minimum absolute atomic E-state index is 0.149. The van der Waals surface area contributed by atoms with Crippen molar-refractivity contribution in [1.29, 1.82) is 0 Å². The third kappa shape index (κ3) is 3.86. The summed E-state index contributed by atoms with van der Waals surface area (Å²) in [6, 6.07) is 12.0. The van der Waals surface area contributed by atoms with Crippen LogP contribution >= 0.6 is 22.9 Å². The smallest absolute Gasteiger partial charge is 0.294 e. The van der Waals surface area contributed by atoms with Gasteiger partial charge in [0.1, 0.15) is 0 Å². The summed E-state index contributed by atoms with van der Waals surface area (Å²) >= 11 is 7.22. The number of hydrogen-bond donors (Lipinski definition) is 1. The van der Waals surface area contributed by atoms with Crippen LogP contribution < -0.4 is 9.60 Å². The molecule has 3 aromatic rings. The van der Waals surface area contributed by atoms with E-state index >= 15 is 0 Å². The monoisotopic (exact) mass is 410 g/mol. The summed E-state index contributed by atoms with van der Waals surface area (Å²) < 4.78 is 29.8. The standard InChI is InChI=1S/C18H19ClN2O3S2/c1-3-12(2)20-26(23,24)14-8-9-16-17(10-14)25-18(22)21(16)11-13-6-4-5-7-15(13)19/h4-10,12,20H,3,11H2,1-2H3/t12-/m1/s1. The van der Waals surface area contributed by atoms with Crippen LogP contribution in [0.1, 0.15) is 25.8 Å². The van der Waals surface area contributed by atoms with Gasteiger partial charge in [0.15, 0.2) is 0 Å². The Labute approximate surface area is 161 Å². The van der Waals surface area contributed by atoms with Gasteiger partial charge in [0.25, 0.3) is 0 Å². The van der Waals surface area contributed by atoms with Crippen molar-refractivity contribution in [3.8, 4) is 0 Å². The van der Waals surface area contributed by atoms with Crippen LogP contribution in [0.3, 0.4) is 0 Å². The van der Waals surface area contributed by atoms with E-state index in [1.54, 1.807) is 22.8 Å². The Hall–Kier alpha value is -1.67. The number of fused-ring (bicyclic) bond motifs is 1. The molecule has 0 unspecified atom stereocenters. The zero-order chi connectivity index (χ0) is 18.9. The van der Waals surface area contributed by atoms with Gasteiger partial charge >= 0.3 is 4.87 Å². The molecule has 0 bridgehead atoms. The van der Waals surface area contributed by atoms with Gasteiger partial charge in [0, 0.05) is 11.1 Å². The number of sulfonamides is 1. The lowest BCUT2D eigenvalue weighted by Gasteiger charge is -2.12. The number of aromatic nitrogens is 1. The van der Waals surface area contributed by atoms with Crippen LogP contribution in [-0.4, -0.2) is 19.0 Å². The molecule has 8 heteroatoms. The summed E-state index contributed by atoms with van der Waals surface area (Å²) in [7, 11) is -3.61. The van der Waals surface area contributed by atoms with Crippen LogP contribution in [0.4, 0.5) is 0 Å². The van der Waals surface area contributed by atoms with Gasteiger partial charge in [-0.15, -0.1) is 0 Å². The van der Waals surface area contributed by atoms with Crippen LogP contribution in [0.15, 0.2) is 52.2 Å². The number of thiazole rings is 1. The van der Waals surface area contributed by atoms with Crippen molar-refractivity contribution in [2.24, 2.45) is 0 Å². The highest BCUT2D eigenvalue weighted by atomic mass is 35.5. The van der Waals surface area contributed by atoms with Gasteiger partial charge in [-0.05, 0) is 43.2 Å². The predicted molar refractivity (Wildman–Crippen MR) is 107 cm³/mol. The Kier molecular flexibility index (Phi) is 5.53. The van der Waals surface area contributed by atoms with E-state index in [9.17, 15) is 13.2 Å². The van der Waals surface area contributed by atoms with Gasteiger partial charge in [-0.25, -0.2) is 13.1 Å². The fourth-order valence-electron chi connectivity index (χ4n) is 2.58. The number of benzene rings is 2. The number of hydrogen-bond acceptors (Lipinski definition) is 4. The van der Waals surface area contributed by atoms with E-state index in [1.165, 1.54) is 6.07 Å². The zero-order valence-corrected chi connectivity index (χ0v) is 16.8. The second kappa shape index (κ2) is 7.52. The second-order valence-electron chi connectivity index (χ2n) is 6.11. The summed E-state index contributed by atoms with van der Waals surface area (Å²) in [5, 5.41) is 0.593. The maximum absolute atomic E-state index is 12.5. The van der Waals surface area contributed by atoms with Crippen molar-refractivity contribution in [2.45, 2.75) is 37.8 Å². The third-order valence-corrected chi connectivity index (χ3v) is 7.10. The molecule has 0 spiro atoms. The first kappa shape index (κ1) is 19.1. The minimum Gasteiger partial charge on any atom is -0.294 e. The average Bonchev–Trinajstić information content (AvgIpc) is 2.91. The Morgan fingerprint density at radius 1 is 1.23 bits per heavy atom. The maximum Gasteiger partial charge on any atom is 0.308 e. The van der Waals surface area contributed by atoms with E-state index in [-0.39, 0.29) is 15.8 Å². The summed E-state index contributed by atoms with van der Waals surface area (Å²) in [4.78, 5) is 12.4. The molecule has 1 N–H and O–H groups in total. The Morgan fingerprint density at radius 3 is 2.65 bits per heavy atom. The molecule has 1 heterocycles. The van der Waals surface area contributed by atoms with Crippen molar-refractivity contribution in [3.05, 3.63) is 62.7 Å². The molecular formula is C18H19ClN2O3S2. The van der Waals surface area contributed by atoms with E-state index in [0.29, 0.717) is 28.2 Å². The van der Waals surface area contributed by atoms with Crippen molar-refractivity contribution in [1.82, 2.24) is 9.29 Å². The van der Waals surface area contributed by atoms with Gasteiger partial charge in [-0.3, -0.25) is 9.36 Å². The van der Waals surface area contributed by atoms with Gasteiger partial charge < -0.3 is 0 Å². The number of nitrogens with zero attached hydrogens (tertiary/aromatic N) is 1. The molecule has 0 aliphatic rings. The van der Waals surface area contributed by atoms with E-state index < -0.39 is 10.0 Å². The maximum atomic E-state index is 12.5. The normalized spacial score (nSPS) is 13.2. The third-order valence-electron chi connectivity index (χ3n) is 4.21. The highest BCUT2D eigenvalue weighted by molar-refractivity contribution is 7.89. The van der Waals surface area contributed by atoms with Crippen molar-refractivity contribution >= 4 is 43.2 Å². The molecule has 0 fully saturated rings. The fourth-order valence-corrected chi connectivity index (χ4v) is 5.13. The zero-order valence-electron chi connectivity index (χ0n) is 14.4. The van der Waals surface area contributed by atoms with E-state index in [2.05, 4.69) is 4.72 Å². The largest absolute Gasteiger partial charge is 0.308 e. The Bertz CT molecular complexity index is 1100. The highest BCUT2D eigenvalue weighted by Gasteiger charge is 2.18. The summed E-state index contributed by atoms with van der Waals surface area (Å²) in [5.74, 6) is 0. The molecule has 3 rings (SSSR count). The van der Waals surface area contributed by atoms with Gasteiger partial charge in [-0.1, -0.05) is 48.1 Å². The van der Waals surface area contributed by atoms with Crippen molar-refractivity contribution < 1.29 is 8.42 Å². The van der Waals surface area contributed by atoms with Crippen LogP contribution in [0.25, 0.3) is 10.2 Å². The van der Waals surface area contributed by atoms with Crippen LogP contribution in [-0.2, 0) is 16.6 Å². The lowest BCUT2D eigenvalue weighted by atomic mass is 10.2. The minimum atomic E-state index is -3.61. The lowest BCUT2D eigenvalue weighted by Crippen LogP contribution is -2.31. The number of halogens is 1. The van der Waals surface area contributed by atoms with E-state index in [0.717, 1.165) is 16.9 Å². The average molecular weight is 411 g/mol. The molecule has 0 saturated carbocycles. The summed E-state index contributed by atoms with van der Waals surface area (Å²) in [6.07, 6.45) is 0.697. The number of rotatable bonds is 6. The Balaban J connectivity index is 2.01. The van der Waals surface area contributed by atoms with Crippen LogP contribution in [0.5, 0.6) is 0 Å². The summed E-state index contributed by atoms with van der Waals surface area (Å²) in [6.45, 7) is 4.07. The molecule has 5 nitrogen and oxygen atoms in total. The SMILES string of the molecule is CC[C@@H](C)NS(=O)(=O)c1ccc2c(c1)sc(=O)n2Cc1ccccc1Cl. The quantitative estimate of drug-likeness (QED) is 0.671. The lowest BCUT2D eigenvalue weighted by molar-refractivity contribution is 0.556. The molecule has 26 heavy (non-hydrogen) atoms. The second-order valence-corrected chi connectivity index (χ2v) is 9.22. The molecule has 1 aromatic heterocycles. The van der Waals surface area contributed by atoms with E-state index in [4.69, 9.17) is 11.6 Å². The molecule has 0 aliphatic carbocycles. The van der Waals surface area contributed by atoms with Gasteiger partial charge in [0.2, 0.25) is 10.0 Å². The van der Waals surface area contributed by atoms with Gasteiger partial charge in [-0.2, -0.15) is 0 Å².